The number of amides is 1. The molecule has 1 N–H and O–H groups in total. The van der Waals surface area contributed by atoms with Crippen LogP contribution < -0.4 is 9.64 Å². The van der Waals surface area contributed by atoms with Crippen molar-refractivity contribution in [2.24, 2.45) is 0 Å². The Labute approximate surface area is 127 Å². The molecule has 0 fully saturated rings. The predicted octanol–water partition coefficient (Wildman–Crippen LogP) is 2.28. The van der Waals surface area contributed by atoms with Crippen molar-refractivity contribution in [3.05, 3.63) is 60.2 Å². The van der Waals surface area contributed by atoms with Crippen LogP contribution in [0, 0.1) is 0 Å². The normalized spacial score (nSPS) is 16.2. The Morgan fingerprint density at radius 3 is 2.50 bits per heavy atom. The number of benzene rings is 2. The Balaban J connectivity index is 1.75. The Morgan fingerprint density at radius 1 is 1.09 bits per heavy atom. The third-order valence-electron chi connectivity index (χ3n) is 3.67. The highest BCUT2D eigenvalue weighted by Crippen LogP contribution is 2.36. The summed E-state index contributed by atoms with van der Waals surface area (Å²) in [7, 11) is 0. The molecule has 2 aromatic carbocycles. The van der Waals surface area contributed by atoms with Crippen molar-refractivity contribution in [1.82, 2.24) is 0 Å². The lowest BCUT2D eigenvalue weighted by molar-refractivity contribution is -0.138. The third-order valence-corrected chi connectivity index (χ3v) is 3.67. The summed E-state index contributed by atoms with van der Waals surface area (Å²) in [4.78, 5) is 25.2. The summed E-state index contributed by atoms with van der Waals surface area (Å²) in [5.41, 5.74) is 1.32. The Kier molecular flexibility index (Phi) is 3.78. The number of carboxylic acids is 1. The van der Waals surface area contributed by atoms with Gasteiger partial charge in [-0.15, -0.1) is 0 Å². The zero-order valence-corrected chi connectivity index (χ0v) is 11.8. The lowest BCUT2D eigenvalue weighted by Gasteiger charge is -2.17. The number of fused-ring (bicyclic) bond motifs is 1. The van der Waals surface area contributed by atoms with E-state index in [2.05, 4.69) is 0 Å². The van der Waals surface area contributed by atoms with Crippen LogP contribution in [0.5, 0.6) is 5.75 Å². The first-order valence-corrected chi connectivity index (χ1v) is 6.97. The molecular weight excluding hydrogens is 282 g/mol. The standard InChI is InChI=1S/C17H15NO4/c19-16(11-22-12-6-2-1-3-7-12)18-10-14(17(20)21)13-8-4-5-9-15(13)18/h1-9,14H,10-11H2,(H,20,21)/t14-/m1/s1. The first-order chi connectivity index (χ1) is 10.7. The second-order valence-corrected chi connectivity index (χ2v) is 5.06. The minimum absolute atomic E-state index is 0.120. The summed E-state index contributed by atoms with van der Waals surface area (Å²) in [6.45, 7) is 0.0242. The molecule has 1 atom stereocenters. The van der Waals surface area contributed by atoms with Crippen molar-refractivity contribution < 1.29 is 19.4 Å². The van der Waals surface area contributed by atoms with Crippen molar-refractivity contribution in [3.8, 4) is 5.75 Å². The van der Waals surface area contributed by atoms with Gasteiger partial charge >= 0.3 is 5.97 Å². The Morgan fingerprint density at radius 2 is 1.77 bits per heavy atom. The molecule has 0 radical (unpaired) electrons. The lowest BCUT2D eigenvalue weighted by atomic mass is 10.0. The zero-order chi connectivity index (χ0) is 15.5. The molecule has 0 bridgehead atoms. The molecule has 1 amide bonds. The smallest absolute Gasteiger partial charge is 0.312 e. The van der Waals surface area contributed by atoms with E-state index in [1.54, 1.807) is 36.4 Å². The largest absolute Gasteiger partial charge is 0.484 e. The number of rotatable bonds is 4. The molecule has 3 rings (SSSR count). The number of para-hydroxylation sites is 2. The van der Waals surface area contributed by atoms with Crippen LogP contribution in [-0.2, 0) is 9.59 Å². The van der Waals surface area contributed by atoms with Gasteiger partial charge in [-0.2, -0.15) is 0 Å². The van der Waals surface area contributed by atoms with Gasteiger partial charge in [0.1, 0.15) is 11.7 Å². The molecule has 0 spiro atoms. The first-order valence-electron chi connectivity index (χ1n) is 6.97. The van der Waals surface area contributed by atoms with Crippen LogP contribution >= 0.6 is 0 Å². The van der Waals surface area contributed by atoms with Gasteiger partial charge in [0.25, 0.3) is 5.91 Å². The SMILES string of the molecule is O=C(O)[C@@H]1CN(C(=O)COc2ccccc2)c2ccccc21. The molecule has 1 heterocycles. The molecule has 5 heteroatoms. The van der Waals surface area contributed by atoms with Crippen molar-refractivity contribution in [2.45, 2.75) is 5.92 Å². The van der Waals surface area contributed by atoms with Gasteiger partial charge in [-0.25, -0.2) is 0 Å². The molecule has 5 nitrogen and oxygen atoms in total. The highest BCUT2D eigenvalue weighted by molar-refractivity contribution is 5.99. The van der Waals surface area contributed by atoms with Crippen LogP contribution in [-0.4, -0.2) is 30.1 Å². The van der Waals surface area contributed by atoms with Crippen LogP contribution in [0.25, 0.3) is 0 Å². The second kappa shape index (κ2) is 5.89. The number of carbonyl (C=O) groups is 2. The van der Waals surface area contributed by atoms with Crippen LogP contribution in [0.15, 0.2) is 54.6 Å². The number of aliphatic carboxylic acids is 1. The average molecular weight is 297 g/mol. The van der Waals surface area contributed by atoms with Gasteiger partial charge < -0.3 is 14.7 Å². The summed E-state index contributed by atoms with van der Waals surface area (Å²) in [5.74, 6) is -1.25. The molecule has 0 unspecified atom stereocenters. The average Bonchev–Trinajstić information content (AvgIpc) is 2.93. The number of carboxylic acid groups (broad SMARTS) is 1. The second-order valence-electron chi connectivity index (χ2n) is 5.06. The summed E-state index contributed by atoms with van der Waals surface area (Å²) >= 11 is 0. The fourth-order valence-corrected chi connectivity index (χ4v) is 2.59. The molecule has 0 aromatic heterocycles. The first kappa shape index (κ1) is 14.1. The van der Waals surface area contributed by atoms with Gasteiger partial charge in [0.15, 0.2) is 6.61 Å². The fraction of sp³-hybridized carbons (Fsp3) is 0.176. The zero-order valence-electron chi connectivity index (χ0n) is 11.8. The molecule has 0 saturated carbocycles. The van der Waals surface area contributed by atoms with Crippen LogP contribution in [0.3, 0.4) is 0 Å². The predicted molar refractivity (Wildman–Crippen MR) is 81.1 cm³/mol. The van der Waals surface area contributed by atoms with Gasteiger partial charge in [-0.3, -0.25) is 9.59 Å². The van der Waals surface area contributed by atoms with Crippen molar-refractivity contribution in [1.29, 1.82) is 0 Å². The maximum Gasteiger partial charge on any atom is 0.312 e. The van der Waals surface area contributed by atoms with E-state index in [1.165, 1.54) is 4.90 Å². The molecule has 22 heavy (non-hydrogen) atoms. The third kappa shape index (κ3) is 2.65. The number of ether oxygens (including phenoxy) is 1. The van der Waals surface area contributed by atoms with Crippen LogP contribution in [0.4, 0.5) is 5.69 Å². The monoisotopic (exact) mass is 297 g/mol. The van der Waals surface area contributed by atoms with E-state index in [0.717, 1.165) is 0 Å². The van der Waals surface area contributed by atoms with E-state index in [-0.39, 0.29) is 19.1 Å². The minimum atomic E-state index is -0.924. The van der Waals surface area contributed by atoms with Gasteiger partial charge in [0, 0.05) is 12.2 Å². The number of hydrogen-bond donors (Lipinski definition) is 1. The van der Waals surface area contributed by atoms with Crippen molar-refractivity contribution >= 4 is 17.6 Å². The van der Waals surface area contributed by atoms with Crippen LogP contribution in [0.2, 0.25) is 0 Å². The van der Waals surface area contributed by atoms with Gasteiger partial charge in [-0.1, -0.05) is 36.4 Å². The summed E-state index contributed by atoms with van der Waals surface area (Å²) in [6.07, 6.45) is 0. The van der Waals surface area contributed by atoms with Crippen molar-refractivity contribution in [3.63, 3.8) is 0 Å². The summed E-state index contributed by atoms with van der Waals surface area (Å²) in [5, 5.41) is 9.30. The number of hydrogen-bond acceptors (Lipinski definition) is 3. The van der Waals surface area contributed by atoms with Crippen molar-refractivity contribution in [2.75, 3.05) is 18.1 Å². The number of nitrogens with zero attached hydrogens (tertiary/aromatic N) is 1. The van der Waals surface area contributed by atoms with E-state index >= 15 is 0 Å². The molecule has 0 saturated heterocycles. The molecule has 1 aliphatic rings. The topological polar surface area (TPSA) is 66.8 Å². The van der Waals surface area contributed by atoms with E-state index in [0.29, 0.717) is 17.0 Å². The Hall–Kier alpha value is -2.82. The summed E-state index contributed by atoms with van der Waals surface area (Å²) in [6, 6.07) is 16.1. The molecule has 2 aromatic rings. The maximum absolute atomic E-state index is 12.4. The Bertz CT molecular complexity index is 699. The number of carbonyl (C=O) groups excluding carboxylic acids is 1. The van der Waals surface area contributed by atoms with E-state index in [4.69, 9.17) is 4.74 Å². The molecule has 0 aliphatic carbocycles. The van der Waals surface area contributed by atoms with Crippen LogP contribution in [0.1, 0.15) is 11.5 Å². The highest BCUT2D eigenvalue weighted by atomic mass is 16.5. The minimum Gasteiger partial charge on any atom is -0.484 e. The lowest BCUT2D eigenvalue weighted by Crippen LogP contribution is -2.35. The quantitative estimate of drug-likeness (QED) is 0.940. The molecule has 1 aliphatic heterocycles. The van der Waals surface area contributed by atoms with E-state index in [1.807, 2.05) is 18.2 Å². The maximum atomic E-state index is 12.4. The molecule has 112 valence electrons. The van der Waals surface area contributed by atoms with Gasteiger partial charge in [0.2, 0.25) is 0 Å². The fourth-order valence-electron chi connectivity index (χ4n) is 2.59. The highest BCUT2D eigenvalue weighted by Gasteiger charge is 2.36. The molecular formula is C17H15NO4. The van der Waals surface area contributed by atoms with E-state index < -0.39 is 11.9 Å². The van der Waals surface area contributed by atoms with Gasteiger partial charge in [0.05, 0.1) is 0 Å². The summed E-state index contributed by atoms with van der Waals surface area (Å²) < 4.78 is 5.45. The number of anilines is 1. The van der Waals surface area contributed by atoms with E-state index in [9.17, 15) is 14.7 Å². The van der Waals surface area contributed by atoms with Gasteiger partial charge in [-0.05, 0) is 23.8 Å².